The largest absolute Gasteiger partial charge is 0.462 e. The van der Waals surface area contributed by atoms with Gasteiger partial charge >= 0.3 is 5.97 Å². The van der Waals surface area contributed by atoms with Gasteiger partial charge in [-0.05, 0) is 25.2 Å². The van der Waals surface area contributed by atoms with Gasteiger partial charge < -0.3 is 9.84 Å². The molecular formula is C22H40O3. The first-order chi connectivity index (χ1) is 12.1. The molecule has 3 unspecified atom stereocenters. The summed E-state index contributed by atoms with van der Waals surface area (Å²) in [5, 5.41) is 9.43. The quantitative estimate of drug-likeness (QED) is 0.259. The van der Waals surface area contributed by atoms with Crippen LogP contribution in [0.1, 0.15) is 97.3 Å². The third-order valence-corrected chi connectivity index (χ3v) is 5.58. The fourth-order valence-electron chi connectivity index (χ4n) is 3.82. The van der Waals surface area contributed by atoms with Gasteiger partial charge in [-0.3, -0.25) is 4.79 Å². The lowest BCUT2D eigenvalue weighted by Gasteiger charge is -2.35. The summed E-state index contributed by atoms with van der Waals surface area (Å²) in [5.41, 5.74) is 1.17. The van der Waals surface area contributed by atoms with E-state index in [0.29, 0.717) is 6.42 Å². The minimum absolute atomic E-state index is 0.0715. The lowest BCUT2D eigenvalue weighted by Crippen LogP contribution is -2.35. The number of hydrogen-bond acceptors (Lipinski definition) is 3. The van der Waals surface area contributed by atoms with E-state index in [1.165, 1.54) is 50.5 Å². The summed E-state index contributed by atoms with van der Waals surface area (Å²) in [6.07, 6.45) is 14.4. The van der Waals surface area contributed by atoms with Crippen LogP contribution in [0.2, 0.25) is 0 Å². The predicted octanol–water partition coefficient (Wildman–Crippen LogP) is 5.80. The number of hydrogen-bond donors (Lipinski definition) is 1. The van der Waals surface area contributed by atoms with Crippen molar-refractivity contribution in [2.75, 3.05) is 6.61 Å². The maximum atomic E-state index is 12.2. The highest BCUT2D eigenvalue weighted by Crippen LogP contribution is 2.34. The van der Waals surface area contributed by atoms with E-state index in [-0.39, 0.29) is 30.5 Å². The van der Waals surface area contributed by atoms with Crippen LogP contribution in [0.4, 0.5) is 0 Å². The van der Waals surface area contributed by atoms with Crippen molar-refractivity contribution in [3.05, 3.63) is 12.2 Å². The Bertz CT molecular complexity index is 377. The molecule has 1 N–H and O–H groups in total. The third kappa shape index (κ3) is 9.44. The second-order valence-corrected chi connectivity index (χ2v) is 7.92. The Kier molecular flexibility index (Phi) is 11.9. The fourth-order valence-corrected chi connectivity index (χ4v) is 3.82. The van der Waals surface area contributed by atoms with E-state index in [4.69, 9.17) is 4.74 Å². The van der Waals surface area contributed by atoms with Gasteiger partial charge in [-0.2, -0.15) is 0 Å². The van der Waals surface area contributed by atoms with Crippen LogP contribution in [-0.4, -0.2) is 23.8 Å². The topological polar surface area (TPSA) is 46.5 Å². The molecule has 3 atom stereocenters. The molecule has 0 bridgehead atoms. The molecule has 0 spiro atoms. The molecule has 25 heavy (non-hydrogen) atoms. The molecule has 1 saturated carbocycles. The molecule has 0 heterocycles. The Hall–Kier alpha value is -0.830. The highest BCUT2D eigenvalue weighted by molar-refractivity contribution is 5.69. The number of carbonyl (C=O) groups is 1. The summed E-state index contributed by atoms with van der Waals surface area (Å²) in [5.74, 6) is 0.374. The van der Waals surface area contributed by atoms with E-state index >= 15 is 0 Å². The maximum absolute atomic E-state index is 12.2. The number of ether oxygens (including phenoxy) is 1. The van der Waals surface area contributed by atoms with Gasteiger partial charge in [0.25, 0.3) is 0 Å². The first-order valence-electron chi connectivity index (χ1n) is 10.6. The normalized spacial score (nSPS) is 22.0. The zero-order valence-electron chi connectivity index (χ0n) is 16.6. The summed E-state index contributed by atoms with van der Waals surface area (Å²) >= 11 is 0. The molecule has 0 radical (unpaired) electrons. The number of carbonyl (C=O) groups excluding carboxylic acids is 1. The maximum Gasteiger partial charge on any atom is 0.306 e. The highest BCUT2D eigenvalue weighted by atomic mass is 16.5. The Morgan fingerprint density at radius 1 is 1.16 bits per heavy atom. The van der Waals surface area contributed by atoms with Crippen molar-refractivity contribution in [1.82, 2.24) is 0 Å². The number of aliphatic hydroxyl groups excluding tert-OH is 1. The van der Waals surface area contributed by atoms with Crippen molar-refractivity contribution in [3.63, 3.8) is 0 Å². The van der Waals surface area contributed by atoms with Crippen molar-refractivity contribution in [3.8, 4) is 0 Å². The molecule has 0 aromatic heterocycles. The average Bonchev–Trinajstić information content (AvgIpc) is 2.60. The average molecular weight is 353 g/mol. The Labute approximate surface area is 155 Å². The van der Waals surface area contributed by atoms with Crippen LogP contribution in [0, 0.1) is 11.8 Å². The molecule has 1 fully saturated rings. The molecule has 0 aliphatic heterocycles. The number of esters is 1. The van der Waals surface area contributed by atoms with Gasteiger partial charge in [-0.15, -0.1) is 0 Å². The van der Waals surface area contributed by atoms with E-state index < -0.39 is 0 Å². The molecule has 0 aromatic rings. The lowest BCUT2D eigenvalue weighted by molar-refractivity contribution is -0.154. The Morgan fingerprint density at radius 2 is 1.76 bits per heavy atom. The van der Waals surface area contributed by atoms with Crippen LogP contribution < -0.4 is 0 Å². The third-order valence-electron chi connectivity index (χ3n) is 5.58. The Balaban J connectivity index is 2.16. The summed E-state index contributed by atoms with van der Waals surface area (Å²) in [6.45, 7) is 8.50. The first-order valence-corrected chi connectivity index (χ1v) is 10.6. The highest BCUT2D eigenvalue weighted by Gasteiger charge is 2.33. The molecule has 1 aliphatic rings. The standard InChI is InChI=1S/C22H40O3/c1-4-5-6-7-8-9-10-11-12-13-22(24)25-21-16-18(2)14-15-20(21)19(3)17-23/h19-21,23H,2,4-17H2,1,3H3. The number of unbranched alkanes of at least 4 members (excludes halogenated alkanes) is 8. The van der Waals surface area contributed by atoms with Crippen LogP contribution in [-0.2, 0) is 9.53 Å². The molecule has 3 nitrogen and oxygen atoms in total. The van der Waals surface area contributed by atoms with Crippen LogP contribution in [0.15, 0.2) is 12.2 Å². The molecule has 0 aromatic carbocycles. The fraction of sp³-hybridized carbons (Fsp3) is 0.864. The van der Waals surface area contributed by atoms with Crippen molar-refractivity contribution in [1.29, 1.82) is 0 Å². The molecular weight excluding hydrogens is 312 g/mol. The van der Waals surface area contributed by atoms with Gasteiger partial charge in [0.15, 0.2) is 0 Å². The predicted molar refractivity (Wildman–Crippen MR) is 104 cm³/mol. The van der Waals surface area contributed by atoms with Gasteiger partial charge in [0.2, 0.25) is 0 Å². The van der Waals surface area contributed by atoms with Crippen LogP contribution >= 0.6 is 0 Å². The van der Waals surface area contributed by atoms with Gasteiger partial charge in [-0.25, -0.2) is 0 Å². The molecule has 3 heteroatoms. The molecule has 1 rings (SSSR count). The molecule has 0 saturated heterocycles. The first kappa shape index (κ1) is 22.2. The minimum atomic E-state index is -0.0885. The van der Waals surface area contributed by atoms with Gasteiger partial charge in [-0.1, -0.05) is 77.4 Å². The summed E-state index contributed by atoms with van der Waals surface area (Å²) in [6, 6.07) is 0. The smallest absolute Gasteiger partial charge is 0.306 e. The van der Waals surface area contributed by atoms with E-state index in [2.05, 4.69) is 13.5 Å². The molecule has 146 valence electrons. The lowest BCUT2D eigenvalue weighted by atomic mass is 9.77. The SMILES string of the molecule is C=C1CCC(C(C)CO)C(OC(=O)CCCCCCCCCCC)C1. The van der Waals surface area contributed by atoms with Crippen LogP contribution in [0.5, 0.6) is 0 Å². The van der Waals surface area contributed by atoms with Crippen molar-refractivity contribution in [2.45, 2.75) is 103 Å². The zero-order chi connectivity index (χ0) is 18.5. The summed E-state index contributed by atoms with van der Waals surface area (Å²) < 4.78 is 5.76. The minimum Gasteiger partial charge on any atom is -0.462 e. The summed E-state index contributed by atoms with van der Waals surface area (Å²) in [7, 11) is 0. The molecule has 1 aliphatic carbocycles. The number of aliphatic hydroxyl groups is 1. The monoisotopic (exact) mass is 352 g/mol. The summed E-state index contributed by atoms with van der Waals surface area (Å²) in [4.78, 5) is 12.2. The second-order valence-electron chi connectivity index (χ2n) is 7.92. The van der Waals surface area contributed by atoms with Crippen molar-refractivity contribution >= 4 is 5.97 Å². The van der Waals surface area contributed by atoms with Gasteiger partial charge in [0, 0.05) is 25.4 Å². The molecule has 0 amide bonds. The Morgan fingerprint density at radius 3 is 2.36 bits per heavy atom. The van der Waals surface area contributed by atoms with E-state index in [9.17, 15) is 9.90 Å². The van der Waals surface area contributed by atoms with Gasteiger partial charge in [0.05, 0.1) is 0 Å². The van der Waals surface area contributed by atoms with Crippen LogP contribution in [0.25, 0.3) is 0 Å². The zero-order valence-corrected chi connectivity index (χ0v) is 16.6. The van der Waals surface area contributed by atoms with E-state index in [1.54, 1.807) is 0 Å². The number of rotatable bonds is 13. The van der Waals surface area contributed by atoms with E-state index in [1.807, 2.05) is 6.92 Å². The van der Waals surface area contributed by atoms with Crippen molar-refractivity contribution < 1.29 is 14.6 Å². The van der Waals surface area contributed by atoms with Crippen LogP contribution in [0.3, 0.4) is 0 Å². The second kappa shape index (κ2) is 13.4. The van der Waals surface area contributed by atoms with Gasteiger partial charge in [0.1, 0.15) is 6.10 Å². The van der Waals surface area contributed by atoms with E-state index in [0.717, 1.165) is 32.1 Å². The van der Waals surface area contributed by atoms with Crippen molar-refractivity contribution in [2.24, 2.45) is 11.8 Å².